The van der Waals surface area contributed by atoms with Crippen LogP contribution in [0, 0.1) is 5.82 Å². The predicted molar refractivity (Wildman–Crippen MR) is 125 cm³/mol. The van der Waals surface area contributed by atoms with Crippen molar-refractivity contribution in [1.82, 2.24) is 14.9 Å². The Labute approximate surface area is 192 Å². The lowest BCUT2D eigenvalue weighted by Crippen LogP contribution is -2.37. The van der Waals surface area contributed by atoms with Crippen LogP contribution in [0.4, 0.5) is 15.9 Å². The molecule has 0 radical (unpaired) electrons. The van der Waals surface area contributed by atoms with Crippen molar-refractivity contribution >= 4 is 28.4 Å². The lowest BCUT2D eigenvalue weighted by atomic mass is 9.99. The van der Waals surface area contributed by atoms with Crippen LogP contribution >= 0.6 is 0 Å². The fourth-order valence-electron chi connectivity index (χ4n) is 4.02. The van der Waals surface area contributed by atoms with Crippen molar-refractivity contribution in [2.45, 2.75) is 6.04 Å². The van der Waals surface area contributed by atoms with E-state index in [0.29, 0.717) is 60.0 Å². The largest absolute Gasteiger partial charge is 0.394 e. The number of aromatic nitrogens is 2. The van der Waals surface area contributed by atoms with Crippen molar-refractivity contribution in [2.75, 3.05) is 63.9 Å². The van der Waals surface area contributed by atoms with Gasteiger partial charge in [-0.05, 0) is 30.3 Å². The predicted octanol–water partition coefficient (Wildman–Crippen LogP) is 2.48. The number of amides is 1. The Bertz CT molecular complexity index is 1150. The summed E-state index contributed by atoms with van der Waals surface area (Å²) in [6, 6.07) is 9.07. The number of hydrogen-bond donors (Lipinski definition) is 1. The summed E-state index contributed by atoms with van der Waals surface area (Å²) in [6.07, 6.45) is 1.70. The number of carbonyl (C=O) groups excluding carboxylic acids is 1. The molecule has 0 bridgehead atoms. The smallest absolute Gasteiger partial charge is 0.253 e. The molecular weight excluding hydrogens is 425 g/mol. The highest BCUT2D eigenvalue weighted by atomic mass is 19.1. The van der Waals surface area contributed by atoms with Crippen LogP contribution in [0.15, 0.2) is 42.6 Å². The topological polar surface area (TPSA) is 82.0 Å². The number of anilines is 2. The molecule has 174 valence electrons. The van der Waals surface area contributed by atoms with Crippen LogP contribution < -0.4 is 9.80 Å². The van der Waals surface area contributed by atoms with Crippen LogP contribution in [-0.4, -0.2) is 79.9 Å². The molecule has 33 heavy (non-hydrogen) atoms. The van der Waals surface area contributed by atoms with E-state index in [1.54, 1.807) is 56.5 Å². The monoisotopic (exact) mass is 453 g/mol. The minimum absolute atomic E-state index is 0.178. The highest BCUT2D eigenvalue weighted by Crippen LogP contribution is 2.32. The molecule has 1 aromatic heterocycles. The van der Waals surface area contributed by atoms with E-state index in [0.717, 1.165) is 0 Å². The number of carbonyl (C=O) groups is 1. The van der Waals surface area contributed by atoms with E-state index in [9.17, 15) is 14.3 Å². The number of aliphatic hydroxyl groups excluding tert-OH is 1. The number of likely N-dealkylation sites (N-methyl/N-ethyl adjacent to an activating group) is 1. The number of hydrogen-bond acceptors (Lipinski definition) is 7. The van der Waals surface area contributed by atoms with Crippen molar-refractivity contribution in [2.24, 2.45) is 0 Å². The molecule has 0 spiro atoms. The van der Waals surface area contributed by atoms with Gasteiger partial charge in [-0.15, -0.1) is 0 Å². The minimum Gasteiger partial charge on any atom is -0.394 e. The van der Waals surface area contributed by atoms with Crippen LogP contribution in [0.5, 0.6) is 0 Å². The molecule has 1 amide bonds. The molecule has 1 unspecified atom stereocenters. The Morgan fingerprint density at radius 3 is 2.64 bits per heavy atom. The van der Waals surface area contributed by atoms with Crippen molar-refractivity contribution in [3.8, 4) is 0 Å². The summed E-state index contributed by atoms with van der Waals surface area (Å²) in [4.78, 5) is 27.6. The maximum atomic E-state index is 13.9. The molecular formula is C24H28FN5O3. The average molecular weight is 454 g/mol. The molecule has 1 aliphatic rings. The molecule has 4 rings (SSSR count). The summed E-state index contributed by atoms with van der Waals surface area (Å²) in [6.45, 7) is 2.39. The fraction of sp³-hybridized carbons (Fsp3) is 0.375. The second-order valence-corrected chi connectivity index (χ2v) is 8.25. The number of halogens is 1. The summed E-state index contributed by atoms with van der Waals surface area (Å²) < 4.78 is 19.3. The third kappa shape index (κ3) is 4.74. The van der Waals surface area contributed by atoms with Crippen LogP contribution in [0.25, 0.3) is 11.0 Å². The first-order valence-electron chi connectivity index (χ1n) is 10.8. The molecule has 1 saturated heterocycles. The van der Waals surface area contributed by atoms with Gasteiger partial charge < -0.3 is 24.5 Å². The number of morpholine rings is 1. The number of ether oxygens (including phenoxy) is 1. The van der Waals surface area contributed by atoms with Gasteiger partial charge in [0.15, 0.2) is 0 Å². The maximum Gasteiger partial charge on any atom is 0.253 e. The zero-order valence-electron chi connectivity index (χ0n) is 19.0. The van der Waals surface area contributed by atoms with Gasteiger partial charge >= 0.3 is 0 Å². The highest BCUT2D eigenvalue weighted by Gasteiger charge is 2.24. The van der Waals surface area contributed by atoms with Gasteiger partial charge in [-0.1, -0.05) is 6.07 Å². The zero-order chi connectivity index (χ0) is 23.5. The van der Waals surface area contributed by atoms with Crippen molar-refractivity contribution in [1.29, 1.82) is 0 Å². The van der Waals surface area contributed by atoms with Gasteiger partial charge in [0.2, 0.25) is 0 Å². The van der Waals surface area contributed by atoms with E-state index in [-0.39, 0.29) is 18.3 Å². The van der Waals surface area contributed by atoms with Gasteiger partial charge in [0, 0.05) is 51.0 Å². The molecule has 9 heteroatoms. The van der Waals surface area contributed by atoms with Crippen LogP contribution in [-0.2, 0) is 4.74 Å². The number of nitrogens with zero attached hydrogens (tertiary/aromatic N) is 5. The second-order valence-electron chi connectivity index (χ2n) is 8.25. The van der Waals surface area contributed by atoms with Gasteiger partial charge in [0.25, 0.3) is 5.91 Å². The van der Waals surface area contributed by atoms with Crippen molar-refractivity contribution in [3.63, 3.8) is 0 Å². The molecule has 3 aromatic rings. The first kappa shape index (κ1) is 22.9. The quantitative estimate of drug-likeness (QED) is 0.614. The number of aliphatic hydroxyl groups is 1. The number of fused-ring (bicyclic) bond motifs is 1. The maximum absolute atomic E-state index is 13.9. The Kier molecular flexibility index (Phi) is 6.71. The lowest BCUT2D eigenvalue weighted by Gasteiger charge is -2.31. The second kappa shape index (κ2) is 9.68. The summed E-state index contributed by atoms with van der Waals surface area (Å²) in [7, 11) is 5.14. The third-order valence-electron chi connectivity index (χ3n) is 5.87. The number of rotatable bonds is 6. The zero-order valence-corrected chi connectivity index (χ0v) is 19.0. The van der Waals surface area contributed by atoms with E-state index in [2.05, 4.69) is 9.88 Å². The molecule has 8 nitrogen and oxygen atoms in total. The van der Waals surface area contributed by atoms with E-state index in [4.69, 9.17) is 9.72 Å². The third-order valence-corrected chi connectivity index (χ3v) is 5.87. The summed E-state index contributed by atoms with van der Waals surface area (Å²) in [5.74, 6) is 0.165. The van der Waals surface area contributed by atoms with Gasteiger partial charge in [0.1, 0.15) is 11.6 Å². The average Bonchev–Trinajstić information content (AvgIpc) is 2.84. The summed E-state index contributed by atoms with van der Waals surface area (Å²) in [5, 5.41) is 10.4. The van der Waals surface area contributed by atoms with Crippen LogP contribution in [0.1, 0.15) is 22.0 Å². The fourth-order valence-corrected chi connectivity index (χ4v) is 4.02. The molecule has 0 aliphatic carbocycles. The van der Waals surface area contributed by atoms with Crippen LogP contribution in [0.3, 0.4) is 0 Å². The molecule has 1 fully saturated rings. The minimum atomic E-state index is -0.571. The molecule has 1 aliphatic heterocycles. The Morgan fingerprint density at radius 1 is 1.21 bits per heavy atom. The first-order valence-corrected chi connectivity index (χ1v) is 10.8. The van der Waals surface area contributed by atoms with E-state index in [1.807, 2.05) is 0 Å². The lowest BCUT2D eigenvalue weighted by molar-refractivity contribution is 0.0827. The van der Waals surface area contributed by atoms with E-state index < -0.39 is 6.04 Å². The van der Waals surface area contributed by atoms with Gasteiger partial charge in [-0.25, -0.2) is 9.37 Å². The first-order chi connectivity index (χ1) is 15.9. The van der Waals surface area contributed by atoms with E-state index in [1.165, 1.54) is 17.0 Å². The van der Waals surface area contributed by atoms with E-state index >= 15 is 0 Å². The molecule has 2 heterocycles. The number of benzene rings is 2. The van der Waals surface area contributed by atoms with Crippen LogP contribution in [0.2, 0.25) is 0 Å². The molecule has 1 N–H and O–H groups in total. The molecule has 2 aromatic carbocycles. The Hall–Kier alpha value is -3.30. The molecule has 1 atom stereocenters. The Morgan fingerprint density at radius 2 is 1.97 bits per heavy atom. The Balaban J connectivity index is 1.86. The SMILES string of the molecule is CN(C)C(=O)c1cc(C(CO)N(C)c2cccc(F)c2)c2nc(N3CCOCC3)cnc2c1. The normalized spacial score (nSPS) is 14.9. The van der Waals surface area contributed by atoms with Gasteiger partial charge in [0.05, 0.1) is 43.1 Å². The summed E-state index contributed by atoms with van der Waals surface area (Å²) >= 11 is 0. The van der Waals surface area contributed by atoms with Gasteiger partial charge in [-0.3, -0.25) is 9.78 Å². The van der Waals surface area contributed by atoms with Crippen molar-refractivity contribution < 1.29 is 19.0 Å². The summed E-state index contributed by atoms with van der Waals surface area (Å²) in [5.41, 5.74) is 2.85. The van der Waals surface area contributed by atoms with Crippen molar-refractivity contribution in [3.05, 3.63) is 59.5 Å². The highest BCUT2D eigenvalue weighted by molar-refractivity contribution is 5.98. The standard InChI is InChI=1S/C24H28FN5O3/c1-28(2)24(32)16-11-19(21(15-31)29(3)18-6-4-5-17(25)13-18)23-20(12-16)26-14-22(27-23)30-7-9-33-10-8-30/h4-6,11-14,21,31H,7-10,15H2,1-3H3. The van der Waals surface area contributed by atoms with Gasteiger partial charge in [-0.2, -0.15) is 0 Å². The molecule has 0 saturated carbocycles.